The third-order valence-corrected chi connectivity index (χ3v) is 4.29. The summed E-state index contributed by atoms with van der Waals surface area (Å²) >= 11 is 0. The van der Waals surface area contributed by atoms with Gasteiger partial charge in [-0.3, -0.25) is 0 Å². The zero-order valence-electron chi connectivity index (χ0n) is 10.2. The molecule has 3 heteroatoms. The minimum absolute atomic E-state index is 0.161. The molecule has 0 aromatic heterocycles. The SMILES string of the molecule is CN1C2CCC1CC(Nc1cccc(F)c1)C2. The van der Waals surface area contributed by atoms with Crippen LogP contribution in [0.2, 0.25) is 0 Å². The highest BCUT2D eigenvalue weighted by Crippen LogP contribution is 2.35. The Morgan fingerprint density at radius 2 is 1.94 bits per heavy atom. The molecule has 1 aromatic carbocycles. The molecule has 1 aromatic rings. The van der Waals surface area contributed by atoms with Crippen molar-refractivity contribution in [2.75, 3.05) is 12.4 Å². The molecule has 2 aliphatic heterocycles. The number of hydrogen-bond acceptors (Lipinski definition) is 2. The molecule has 2 heterocycles. The lowest BCUT2D eigenvalue weighted by Gasteiger charge is -2.37. The van der Waals surface area contributed by atoms with Gasteiger partial charge in [-0.15, -0.1) is 0 Å². The quantitative estimate of drug-likeness (QED) is 0.846. The minimum atomic E-state index is -0.161. The Bertz CT molecular complexity index is 393. The Morgan fingerprint density at radius 3 is 2.59 bits per heavy atom. The molecule has 92 valence electrons. The Hall–Kier alpha value is -1.09. The molecule has 3 rings (SSSR count). The third-order valence-electron chi connectivity index (χ3n) is 4.29. The number of anilines is 1. The van der Waals surface area contributed by atoms with E-state index in [9.17, 15) is 4.39 Å². The van der Waals surface area contributed by atoms with Gasteiger partial charge in [0.2, 0.25) is 0 Å². The first-order chi connectivity index (χ1) is 8.22. The van der Waals surface area contributed by atoms with Gasteiger partial charge in [0.1, 0.15) is 5.82 Å². The maximum absolute atomic E-state index is 13.1. The van der Waals surface area contributed by atoms with Gasteiger partial charge in [0.15, 0.2) is 0 Å². The van der Waals surface area contributed by atoms with Crippen molar-refractivity contribution in [1.29, 1.82) is 0 Å². The van der Waals surface area contributed by atoms with Crippen LogP contribution >= 0.6 is 0 Å². The average Bonchev–Trinajstić information content (AvgIpc) is 2.52. The van der Waals surface area contributed by atoms with E-state index in [4.69, 9.17) is 0 Å². The van der Waals surface area contributed by atoms with E-state index >= 15 is 0 Å². The first kappa shape index (κ1) is 11.0. The van der Waals surface area contributed by atoms with Crippen LogP contribution in [0, 0.1) is 5.82 Å². The smallest absolute Gasteiger partial charge is 0.125 e. The highest BCUT2D eigenvalue weighted by Gasteiger charge is 2.38. The number of nitrogens with zero attached hydrogens (tertiary/aromatic N) is 1. The summed E-state index contributed by atoms with van der Waals surface area (Å²) in [5, 5.41) is 3.48. The van der Waals surface area contributed by atoms with E-state index in [-0.39, 0.29) is 5.82 Å². The molecular formula is C14H19FN2. The molecule has 2 bridgehead atoms. The summed E-state index contributed by atoms with van der Waals surface area (Å²) in [6.45, 7) is 0. The monoisotopic (exact) mass is 234 g/mol. The highest BCUT2D eigenvalue weighted by atomic mass is 19.1. The van der Waals surface area contributed by atoms with Crippen LogP contribution in [-0.2, 0) is 0 Å². The van der Waals surface area contributed by atoms with Crippen LogP contribution in [0.4, 0.5) is 10.1 Å². The van der Waals surface area contributed by atoms with E-state index in [0.717, 1.165) is 17.8 Å². The first-order valence-electron chi connectivity index (χ1n) is 6.46. The third kappa shape index (κ3) is 2.16. The lowest BCUT2D eigenvalue weighted by Crippen LogP contribution is -2.44. The van der Waals surface area contributed by atoms with Gasteiger partial charge >= 0.3 is 0 Å². The number of rotatable bonds is 2. The normalized spacial score (nSPS) is 32.7. The second-order valence-corrected chi connectivity index (χ2v) is 5.37. The molecule has 2 aliphatic rings. The molecule has 0 radical (unpaired) electrons. The van der Waals surface area contributed by atoms with Crippen LogP contribution < -0.4 is 5.32 Å². The maximum atomic E-state index is 13.1. The lowest BCUT2D eigenvalue weighted by atomic mass is 9.98. The lowest BCUT2D eigenvalue weighted by molar-refractivity contribution is 0.169. The summed E-state index contributed by atoms with van der Waals surface area (Å²) < 4.78 is 13.1. The maximum Gasteiger partial charge on any atom is 0.125 e. The van der Waals surface area contributed by atoms with E-state index < -0.39 is 0 Å². The van der Waals surface area contributed by atoms with Crippen LogP contribution in [0.5, 0.6) is 0 Å². The van der Waals surface area contributed by atoms with Crippen molar-refractivity contribution < 1.29 is 4.39 Å². The topological polar surface area (TPSA) is 15.3 Å². The fourth-order valence-corrected chi connectivity index (χ4v) is 3.34. The molecule has 2 atom stereocenters. The predicted octanol–water partition coefficient (Wildman–Crippen LogP) is 2.86. The van der Waals surface area contributed by atoms with Crippen molar-refractivity contribution >= 4 is 5.69 Å². The van der Waals surface area contributed by atoms with Gasteiger partial charge in [0, 0.05) is 23.8 Å². The van der Waals surface area contributed by atoms with Crippen LogP contribution in [0.3, 0.4) is 0 Å². The van der Waals surface area contributed by atoms with Gasteiger partial charge in [-0.1, -0.05) is 6.07 Å². The fourth-order valence-electron chi connectivity index (χ4n) is 3.34. The molecular weight excluding hydrogens is 215 g/mol. The van der Waals surface area contributed by atoms with E-state index in [0.29, 0.717) is 6.04 Å². The molecule has 0 aliphatic carbocycles. The van der Waals surface area contributed by atoms with Gasteiger partial charge in [-0.05, 0) is 50.9 Å². The van der Waals surface area contributed by atoms with Crippen molar-refractivity contribution in [2.45, 2.75) is 43.8 Å². The minimum Gasteiger partial charge on any atom is -0.382 e. The number of nitrogens with one attached hydrogen (secondary N) is 1. The Labute approximate surface area is 102 Å². The predicted molar refractivity (Wildman–Crippen MR) is 67.6 cm³/mol. The van der Waals surface area contributed by atoms with Crippen molar-refractivity contribution in [3.63, 3.8) is 0 Å². The summed E-state index contributed by atoms with van der Waals surface area (Å²) in [6, 6.07) is 8.74. The number of fused-ring (bicyclic) bond motifs is 2. The van der Waals surface area contributed by atoms with Crippen LogP contribution in [-0.4, -0.2) is 30.1 Å². The summed E-state index contributed by atoms with van der Waals surface area (Å²) in [4.78, 5) is 2.52. The average molecular weight is 234 g/mol. The Balaban J connectivity index is 1.67. The molecule has 17 heavy (non-hydrogen) atoms. The van der Waals surface area contributed by atoms with Crippen LogP contribution in [0.15, 0.2) is 24.3 Å². The van der Waals surface area contributed by atoms with Crippen molar-refractivity contribution in [1.82, 2.24) is 4.90 Å². The van der Waals surface area contributed by atoms with Gasteiger partial charge < -0.3 is 10.2 Å². The first-order valence-corrected chi connectivity index (χ1v) is 6.46. The fraction of sp³-hybridized carbons (Fsp3) is 0.571. The van der Waals surface area contributed by atoms with E-state index in [1.54, 1.807) is 12.1 Å². The van der Waals surface area contributed by atoms with Crippen molar-refractivity contribution in [2.24, 2.45) is 0 Å². The van der Waals surface area contributed by atoms with Crippen LogP contribution in [0.1, 0.15) is 25.7 Å². The van der Waals surface area contributed by atoms with Gasteiger partial charge in [0.05, 0.1) is 0 Å². The molecule has 0 spiro atoms. The molecule has 2 saturated heterocycles. The molecule has 1 N–H and O–H groups in total. The molecule has 2 fully saturated rings. The largest absolute Gasteiger partial charge is 0.382 e. The van der Waals surface area contributed by atoms with Gasteiger partial charge in [-0.25, -0.2) is 4.39 Å². The Kier molecular flexibility index (Phi) is 2.79. The molecule has 2 unspecified atom stereocenters. The second kappa shape index (κ2) is 4.30. The van der Waals surface area contributed by atoms with Gasteiger partial charge in [0.25, 0.3) is 0 Å². The molecule has 0 saturated carbocycles. The number of benzene rings is 1. The number of halogens is 1. The summed E-state index contributed by atoms with van der Waals surface area (Å²) in [5.74, 6) is -0.161. The number of hydrogen-bond donors (Lipinski definition) is 1. The van der Waals surface area contributed by atoms with E-state index in [2.05, 4.69) is 17.3 Å². The second-order valence-electron chi connectivity index (χ2n) is 5.37. The summed E-state index contributed by atoms with van der Waals surface area (Å²) in [7, 11) is 2.24. The van der Waals surface area contributed by atoms with E-state index in [1.807, 2.05) is 6.07 Å². The number of piperidine rings is 1. The van der Waals surface area contributed by atoms with Crippen LogP contribution in [0.25, 0.3) is 0 Å². The van der Waals surface area contributed by atoms with Crippen molar-refractivity contribution in [3.8, 4) is 0 Å². The summed E-state index contributed by atoms with van der Waals surface area (Å²) in [5.41, 5.74) is 0.916. The highest BCUT2D eigenvalue weighted by molar-refractivity contribution is 5.44. The standard InChI is InChI=1S/C14H19FN2/c1-17-13-5-6-14(17)9-12(8-13)16-11-4-2-3-10(15)7-11/h2-4,7,12-14,16H,5-6,8-9H2,1H3. The Morgan fingerprint density at radius 1 is 1.24 bits per heavy atom. The van der Waals surface area contributed by atoms with Gasteiger partial charge in [-0.2, -0.15) is 0 Å². The molecule has 2 nitrogen and oxygen atoms in total. The molecule has 0 amide bonds. The van der Waals surface area contributed by atoms with E-state index in [1.165, 1.54) is 31.7 Å². The zero-order chi connectivity index (χ0) is 11.8. The van der Waals surface area contributed by atoms with Crippen molar-refractivity contribution in [3.05, 3.63) is 30.1 Å². The summed E-state index contributed by atoms with van der Waals surface area (Å²) in [6.07, 6.45) is 5.01. The zero-order valence-corrected chi connectivity index (χ0v) is 10.2.